The second kappa shape index (κ2) is 12.9. The van der Waals surface area contributed by atoms with Crippen LogP contribution in [0.5, 0.6) is 0 Å². The Morgan fingerprint density at radius 3 is 1.95 bits per heavy atom. The van der Waals surface area contributed by atoms with E-state index in [0.717, 1.165) is 27.8 Å². The van der Waals surface area contributed by atoms with Crippen LogP contribution in [0.25, 0.3) is 34.0 Å². The molecule has 4 N–H and O–H groups in total. The van der Waals surface area contributed by atoms with Gasteiger partial charge in [-0.2, -0.15) is 4.98 Å². The Morgan fingerprint density at radius 1 is 0.791 bits per heavy atom. The first-order valence-electron chi connectivity index (χ1n) is 14.3. The summed E-state index contributed by atoms with van der Waals surface area (Å²) in [6.45, 7) is 8.16. The number of nitrogen functional groups attached to an aromatic ring is 1. The fourth-order valence-electron chi connectivity index (χ4n) is 4.78. The maximum atomic E-state index is 11.2. The predicted molar refractivity (Wildman–Crippen MR) is 168 cm³/mol. The number of nitrogens with zero attached hydrogens (tertiary/aromatic N) is 3. The van der Waals surface area contributed by atoms with Gasteiger partial charge in [0.2, 0.25) is 5.82 Å². The fraction of sp³-hybridized carbons (Fsp3) is 0.257. The molecule has 0 saturated heterocycles. The van der Waals surface area contributed by atoms with Crippen LogP contribution in [0.4, 0.5) is 5.69 Å². The standard InChI is InChI=1S/C35H38N4O4/c1-23-5-9-25(10-6-23)26-13-15-28(16-14-26)33-37-32(38-43-33)27-11-7-24(8-12-27)21-39(22-31(40)42-35(2,3)4)34(41)29-17-19-30(36)20-18-29/h5-20,31,34,40-41H,21-22,36H2,1-4H3. The molecule has 0 saturated carbocycles. The van der Waals surface area contributed by atoms with Crippen LogP contribution < -0.4 is 5.73 Å². The minimum Gasteiger partial charge on any atom is -0.399 e. The Balaban J connectivity index is 1.29. The summed E-state index contributed by atoms with van der Waals surface area (Å²) in [7, 11) is 0. The highest BCUT2D eigenvalue weighted by atomic mass is 16.6. The molecule has 8 nitrogen and oxygen atoms in total. The Bertz CT molecular complexity index is 1610. The second-order valence-corrected chi connectivity index (χ2v) is 11.7. The lowest BCUT2D eigenvalue weighted by molar-refractivity contribution is -0.186. The number of benzene rings is 4. The van der Waals surface area contributed by atoms with Crippen molar-refractivity contribution in [2.24, 2.45) is 0 Å². The van der Waals surface area contributed by atoms with Gasteiger partial charge in [0.05, 0.1) is 12.1 Å². The zero-order chi connectivity index (χ0) is 30.6. The van der Waals surface area contributed by atoms with Crippen molar-refractivity contribution in [2.45, 2.75) is 52.4 Å². The van der Waals surface area contributed by atoms with Crippen LogP contribution in [0.15, 0.2) is 102 Å². The maximum Gasteiger partial charge on any atom is 0.258 e. The van der Waals surface area contributed by atoms with Crippen molar-refractivity contribution in [1.29, 1.82) is 0 Å². The van der Waals surface area contributed by atoms with Gasteiger partial charge in [0.25, 0.3) is 5.89 Å². The van der Waals surface area contributed by atoms with Crippen LogP contribution in [-0.4, -0.2) is 43.7 Å². The van der Waals surface area contributed by atoms with Crippen LogP contribution >= 0.6 is 0 Å². The number of anilines is 1. The molecule has 1 heterocycles. The van der Waals surface area contributed by atoms with E-state index in [4.69, 9.17) is 15.0 Å². The van der Waals surface area contributed by atoms with Crippen molar-refractivity contribution in [3.8, 4) is 34.0 Å². The van der Waals surface area contributed by atoms with Crippen molar-refractivity contribution < 1.29 is 19.5 Å². The normalized spacial score (nSPS) is 13.3. The summed E-state index contributed by atoms with van der Waals surface area (Å²) in [5, 5.41) is 26.0. The number of aliphatic hydroxyl groups is 2. The average molecular weight is 579 g/mol. The van der Waals surface area contributed by atoms with Crippen molar-refractivity contribution in [1.82, 2.24) is 15.0 Å². The highest BCUT2D eigenvalue weighted by molar-refractivity contribution is 5.68. The minimum absolute atomic E-state index is 0.0987. The van der Waals surface area contributed by atoms with Gasteiger partial charge in [0.1, 0.15) is 6.23 Å². The highest BCUT2D eigenvalue weighted by Crippen LogP contribution is 2.27. The third kappa shape index (κ3) is 7.94. The van der Waals surface area contributed by atoms with Gasteiger partial charge >= 0.3 is 0 Å². The summed E-state index contributed by atoms with van der Waals surface area (Å²) in [6, 6.07) is 31.2. The number of hydrogen-bond donors (Lipinski definition) is 3. The van der Waals surface area contributed by atoms with E-state index in [1.54, 1.807) is 29.2 Å². The molecular weight excluding hydrogens is 540 g/mol. The molecule has 4 aromatic carbocycles. The molecule has 0 amide bonds. The first-order valence-corrected chi connectivity index (χ1v) is 14.3. The fourth-order valence-corrected chi connectivity index (χ4v) is 4.78. The molecule has 1 aromatic heterocycles. The third-order valence-electron chi connectivity index (χ3n) is 7.00. The summed E-state index contributed by atoms with van der Waals surface area (Å²) in [6.07, 6.45) is -2.07. The smallest absolute Gasteiger partial charge is 0.258 e. The Kier molecular flexibility index (Phi) is 9.03. The zero-order valence-corrected chi connectivity index (χ0v) is 24.9. The highest BCUT2D eigenvalue weighted by Gasteiger charge is 2.24. The summed E-state index contributed by atoms with van der Waals surface area (Å²) in [5.41, 5.74) is 12.6. The monoisotopic (exact) mass is 578 g/mol. The van der Waals surface area contributed by atoms with Crippen LogP contribution in [0, 0.1) is 6.92 Å². The number of hydrogen-bond acceptors (Lipinski definition) is 8. The molecule has 2 atom stereocenters. The third-order valence-corrected chi connectivity index (χ3v) is 7.00. The number of aliphatic hydroxyl groups excluding tert-OH is 2. The molecule has 0 fully saturated rings. The Labute approximate surface area is 252 Å². The molecule has 222 valence electrons. The van der Waals surface area contributed by atoms with Gasteiger partial charge in [0, 0.05) is 23.4 Å². The SMILES string of the molecule is Cc1ccc(-c2ccc(-c3nc(-c4ccc(CN(CC(O)OC(C)(C)C)C(O)c5ccc(N)cc5)cc4)no3)cc2)cc1. The maximum absolute atomic E-state index is 11.2. The largest absolute Gasteiger partial charge is 0.399 e. The van der Waals surface area contributed by atoms with E-state index in [-0.39, 0.29) is 6.54 Å². The quantitative estimate of drug-likeness (QED) is 0.126. The molecule has 2 unspecified atom stereocenters. The van der Waals surface area contributed by atoms with E-state index in [2.05, 4.69) is 41.3 Å². The topological polar surface area (TPSA) is 118 Å². The summed E-state index contributed by atoms with van der Waals surface area (Å²) < 4.78 is 11.3. The molecule has 8 heteroatoms. The number of nitrogens with two attached hydrogens (primary N) is 1. The predicted octanol–water partition coefficient (Wildman–Crippen LogP) is 6.59. The van der Waals surface area contributed by atoms with Gasteiger partial charge in [0.15, 0.2) is 6.29 Å². The molecule has 0 bridgehead atoms. The van der Waals surface area contributed by atoms with E-state index in [1.807, 2.05) is 69.3 Å². The van der Waals surface area contributed by atoms with E-state index in [1.165, 1.54) is 5.56 Å². The average Bonchev–Trinajstić information content (AvgIpc) is 3.47. The Hall–Kier alpha value is -4.34. The van der Waals surface area contributed by atoms with Crippen LogP contribution in [-0.2, 0) is 11.3 Å². The van der Waals surface area contributed by atoms with Crippen molar-refractivity contribution >= 4 is 5.69 Å². The lowest BCUT2D eigenvalue weighted by Crippen LogP contribution is -2.39. The molecule has 5 aromatic rings. The molecule has 5 rings (SSSR count). The van der Waals surface area contributed by atoms with Gasteiger partial charge in [-0.1, -0.05) is 83.5 Å². The van der Waals surface area contributed by atoms with E-state index >= 15 is 0 Å². The van der Waals surface area contributed by atoms with E-state index in [0.29, 0.717) is 29.5 Å². The van der Waals surface area contributed by atoms with Gasteiger partial charge < -0.3 is 25.2 Å². The van der Waals surface area contributed by atoms with Crippen LogP contribution in [0.3, 0.4) is 0 Å². The summed E-state index contributed by atoms with van der Waals surface area (Å²) in [4.78, 5) is 6.37. The molecule has 0 aliphatic rings. The number of aromatic nitrogens is 2. The molecule has 0 aliphatic heterocycles. The van der Waals surface area contributed by atoms with Crippen molar-refractivity contribution in [3.05, 3.63) is 114 Å². The lowest BCUT2D eigenvalue weighted by Gasteiger charge is -2.32. The summed E-state index contributed by atoms with van der Waals surface area (Å²) in [5.74, 6) is 0.928. The summed E-state index contributed by atoms with van der Waals surface area (Å²) >= 11 is 0. The van der Waals surface area contributed by atoms with Crippen LogP contribution in [0.1, 0.15) is 43.7 Å². The van der Waals surface area contributed by atoms with Crippen molar-refractivity contribution in [3.63, 3.8) is 0 Å². The van der Waals surface area contributed by atoms with Gasteiger partial charge in [-0.05, 0) is 74.2 Å². The first kappa shape index (κ1) is 30.1. The molecule has 0 aliphatic carbocycles. The van der Waals surface area contributed by atoms with Gasteiger partial charge in [-0.3, -0.25) is 4.90 Å². The van der Waals surface area contributed by atoms with E-state index < -0.39 is 18.1 Å². The lowest BCUT2D eigenvalue weighted by atomic mass is 10.0. The number of rotatable bonds is 10. The second-order valence-electron chi connectivity index (χ2n) is 11.7. The number of aryl methyl sites for hydroxylation is 1. The first-order chi connectivity index (χ1) is 20.5. The molecule has 0 spiro atoms. The molecule has 43 heavy (non-hydrogen) atoms. The number of ether oxygens (including phenoxy) is 1. The van der Waals surface area contributed by atoms with Gasteiger partial charge in [-0.25, -0.2) is 0 Å². The Morgan fingerprint density at radius 2 is 1.35 bits per heavy atom. The molecule has 0 radical (unpaired) electrons. The molecular formula is C35H38N4O4. The van der Waals surface area contributed by atoms with Crippen molar-refractivity contribution in [2.75, 3.05) is 12.3 Å². The zero-order valence-electron chi connectivity index (χ0n) is 24.9. The van der Waals surface area contributed by atoms with E-state index in [9.17, 15) is 10.2 Å². The van der Waals surface area contributed by atoms with Crippen LogP contribution in [0.2, 0.25) is 0 Å². The van der Waals surface area contributed by atoms with Gasteiger partial charge in [-0.15, -0.1) is 0 Å². The minimum atomic E-state index is -1.09.